The summed E-state index contributed by atoms with van der Waals surface area (Å²) in [5, 5.41) is 0. The summed E-state index contributed by atoms with van der Waals surface area (Å²) in [4.78, 5) is 30.0. The van der Waals surface area contributed by atoms with Crippen molar-refractivity contribution in [1.82, 2.24) is 4.98 Å². The van der Waals surface area contributed by atoms with Gasteiger partial charge in [-0.1, -0.05) is 12.1 Å². The average molecular weight is 382 g/mol. The van der Waals surface area contributed by atoms with Gasteiger partial charge in [-0.05, 0) is 48.2 Å². The summed E-state index contributed by atoms with van der Waals surface area (Å²) < 4.78 is 15.1. The van der Waals surface area contributed by atoms with Crippen molar-refractivity contribution >= 4 is 17.6 Å². The summed E-state index contributed by atoms with van der Waals surface area (Å²) in [6.45, 7) is 0.138. The molecule has 146 valence electrons. The summed E-state index contributed by atoms with van der Waals surface area (Å²) in [6, 6.07) is 11.8. The molecule has 1 aromatic heterocycles. The van der Waals surface area contributed by atoms with E-state index in [1.165, 1.54) is 19.8 Å². The summed E-state index contributed by atoms with van der Waals surface area (Å²) in [5.74, 6) is -1.22. The van der Waals surface area contributed by atoms with Crippen LogP contribution >= 0.6 is 0 Å². The number of carbonyl (C=O) groups is 2. The highest BCUT2D eigenvalue weighted by Crippen LogP contribution is 2.27. The van der Waals surface area contributed by atoms with Crippen molar-refractivity contribution in [3.63, 3.8) is 0 Å². The number of anilines is 1. The third kappa shape index (κ3) is 4.37. The van der Waals surface area contributed by atoms with Gasteiger partial charge in [0.15, 0.2) is 0 Å². The van der Waals surface area contributed by atoms with Gasteiger partial charge in [-0.15, -0.1) is 0 Å². The largest absolute Gasteiger partial charge is 0.466 e. The van der Waals surface area contributed by atoms with Crippen LogP contribution in [0.3, 0.4) is 0 Å². The minimum Gasteiger partial charge on any atom is -0.466 e. The highest BCUT2D eigenvalue weighted by molar-refractivity contribution is 6.03. The average Bonchev–Trinajstić information content (AvgIpc) is 2.77. The number of pyridine rings is 1. The lowest BCUT2D eigenvalue weighted by atomic mass is 10.0. The number of aromatic nitrogens is 1. The molecule has 0 amide bonds. The molecular weight excluding hydrogens is 360 g/mol. The molecule has 0 saturated heterocycles. The molecule has 1 aliphatic rings. The molecule has 2 heterocycles. The van der Waals surface area contributed by atoms with Gasteiger partial charge >= 0.3 is 11.9 Å². The number of hydrogen-bond donors (Lipinski definition) is 0. The van der Waals surface area contributed by atoms with Crippen molar-refractivity contribution in [2.24, 2.45) is 0 Å². The third-order valence-corrected chi connectivity index (χ3v) is 4.53. The van der Waals surface area contributed by atoms with Crippen molar-refractivity contribution in [2.45, 2.75) is 12.8 Å². The second kappa shape index (κ2) is 9.14. The number of aryl methyl sites for hydroxylation is 2. The van der Waals surface area contributed by atoms with E-state index in [0.717, 1.165) is 24.1 Å². The Bertz CT molecular complexity index is 862. The first kappa shape index (κ1) is 19.6. The molecule has 1 aromatic carbocycles. The normalized spacial score (nSPS) is 14.0. The second-order valence-corrected chi connectivity index (χ2v) is 6.24. The summed E-state index contributed by atoms with van der Waals surface area (Å²) >= 11 is 0. The number of nitrogens with zero attached hydrogens (tertiary/aromatic N) is 2. The fourth-order valence-electron chi connectivity index (χ4n) is 3.03. The van der Waals surface area contributed by atoms with Crippen molar-refractivity contribution in [1.29, 1.82) is 0 Å². The first-order valence-corrected chi connectivity index (χ1v) is 8.87. The number of ether oxygens (including phenoxy) is 3. The van der Waals surface area contributed by atoms with Gasteiger partial charge in [0.1, 0.15) is 12.4 Å². The van der Waals surface area contributed by atoms with E-state index >= 15 is 0 Å². The number of rotatable bonds is 6. The summed E-state index contributed by atoms with van der Waals surface area (Å²) in [6.07, 6.45) is 5.37. The molecule has 0 spiro atoms. The van der Waals surface area contributed by atoms with Gasteiger partial charge in [0, 0.05) is 18.1 Å². The fraction of sp³-hybridized carbons (Fsp3) is 0.286. The SMILES string of the molecule is COC(=O)C1=C(C(=O)OC)N(c2ccc(CCc3ccncc3)cc2)COC1. The zero-order chi connectivity index (χ0) is 19.9. The first-order chi connectivity index (χ1) is 13.6. The molecule has 3 rings (SSSR count). The molecule has 7 nitrogen and oxygen atoms in total. The Labute approximate surface area is 163 Å². The number of benzene rings is 1. The smallest absolute Gasteiger partial charge is 0.355 e. The Kier molecular flexibility index (Phi) is 6.39. The zero-order valence-electron chi connectivity index (χ0n) is 15.9. The van der Waals surface area contributed by atoms with Crippen LogP contribution in [0.1, 0.15) is 11.1 Å². The van der Waals surface area contributed by atoms with E-state index < -0.39 is 11.9 Å². The molecular formula is C21H22N2O5. The minimum absolute atomic E-state index is 0.00236. The molecule has 7 heteroatoms. The van der Waals surface area contributed by atoms with Crippen LogP contribution in [-0.4, -0.2) is 44.5 Å². The maximum Gasteiger partial charge on any atom is 0.355 e. The minimum atomic E-state index is -0.612. The maximum atomic E-state index is 12.3. The topological polar surface area (TPSA) is 78.0 Å². The van der Waals surface area contributed by atoms with E-state index in [1.807, 2.05) is 36.4 Å². The molecule has 0 aliphatic carbocycles. The van der Waals surface area contributed by atoms with Crippen LogP contribution in [0.15, 0.2) is 60.1 Å². The quantitative estimate of drug-likeness (QED) is 0.709. The Morgan fingerprint density at radius 3 is 2.18 bits per heavy atom. The van der Waals surface area contributed by atoms with Gasteiger partial charge < -0.3 is 19.1 Å². The van der Waals surface area contributed by atoms with Crippen LogP contribution < -0.4 is 4.90 Å². The number of esters is 2. The van der Waals surface area contributed by atoms with Crippen LogP contribution in [0.25, 0.3) is 0 Å². The molecule has 2 aromatic rings. The second-order valence-electron chi connectivity index (χ2n) is 6.24. The predicted octanol–water partition coefficient (Wildman–Crippen LogP) is 2.26. The van der Waals surface area contributed by atoms with Gasteiger partial charge in [-0.25, -0.2) is 9.59 Å². The van der Waals surface area contributed by atoms with Crippen molar-refractivity contribution in [3.05, 3.63) is 71.2 Å². The van der Waals surface area contributed by atoms with Crippen molar-refractivity contribution in [2.75, 3.05) is 32.5 Å². The number of carbonyl (C=O) groups excluding carboxylic acids is 2. The van der Waals surface area contributed by atoms with E-state index in [2.05, 4.69) is 4.98 Å². The molecule has 28 heavy (non-hydrogen) atoms. The number of hydrogen-bond acceptors (Lipinski definition) is 7. The van der Waals surface area contributed by atoms with Crippen LogP contribution in [0.2, 0.25) is 0 Å². The molecule has 0 fully saturated rings. The van der Waals surface area contributed by atoms with E-state index in [4.69, 9.17) is 14.2 Å². The maximum absolute atomic E-state index is 12.3. The van der Waals surface area contributed by atoms with Crippen LogP contribution in [-0.2, 0) is 36.6 Å². The predicted molar refractivity (Wildman–Crippen MR) is 102 cm³/mol. The standard InChI is InChI=1S/C21H22N2O5/c1-26-20(24)18-13-28-14-23(19(18)21(25)27-2)17-7-5-15(6-8-17)3-4-16-9-11-22-12-10-16/h5-12H,3-4,13-14H2,1-2H3. The van der Waals surface area contributed by atoms with E-state index in [0.29, 0.717) is 0 Å². The number of methoxy groups -OCH3 is 2. The Morgan fingerprint density at radius 2 is 1.57 bits per heavy atom. The van der Waals surface area contributed by atoms with Gasteiger partial charge in [0.05, 0.1) is 26.4 Å². The van der Waals surface area contributed by atoms with Gasteiger partial charge in [-0.2, -0.15) is 0 Å². The molecule has 0 N–H and O–H groups in total. The van der Waals surface area contributed by atoms with Crippen molar-refractivity contribution < 1.29 is 23.8 Å². The molecule has 0 bridgehead atoms. The lowest BCUT2D eigenvalue weighted by Gasteiger charge is -2.31. The van der Waals surface area contributed by atoms with Crippen molar-refractivity contribution in [3.8, 4) is 0 Å². The monoisotopic (exact) mass is 382 g/mol. The highest BCUT2D eigenvalue weighted by atomic mass is 16.5. The Morgan fingerprint density at radius 1 is 0.964 bits per heavy atom. The van der Waals surface area contributed by atoms with Crippen LogP contribution in [0, 0.1) is 0 Å². The van der Waals surface area contributed by atoms with E-state index in [-0.39, 0.29) is 24.6 Å². The summed E-state index contributed by atoms with van der Waals surface area (Å²) in [7, 11) is 2.54. The zero-order valence-corrected chi connectivity index (χ0v) is 15.9. The van der Waals surface area contributed by atoms with Gasteiger partial charge in [0.25, 0.3) is 0 Å². The lowest BCUT2D eigenvalue weighted by Crippen LogP contribution is -2.38. The fourth-order valence-corrected chi connectivity index (χ4v) is 3.03. The molecule has 1 aliphatic heterocycles. The van der Waals surface area contributed by atoms with Gasteiger partial charge in [-0.3, -0.25) is 4.98 Å². The first-order valence-electron chi connectivity index (χ1n) is 8.87. The Balaban J connectivity index is 1.81. The molecule has 0 saturated carbocycles. The van der Waals surface area contributed by atoms with Gasteiger partial charge in [0.2, 0.25) is 0 Å². The van der Waals surface area contributed by atoms with Crippen LogP contribution in [0.4, 0.5) is 5.69 Å². The lowest BCUT2D eigenvalue weighted by molar-refractivity contribution is -0.140. The van der Waals surface area contributed by atoms with Crippen LogP contribution in [0.5, 0.6) is 0 Å². The molecule has 0 atom stereocenters. The Hall–Kier alpha value is -3.19. The van der Waals surface area contributed by atoms with E-state index in [9.17, 15) is 9.59 Å². The highest BCUT2D eigenvalue weighted by Gasteiger charge is 2.32. The summed E-state index contributed by atoms with van der Waals surface area (Å²) in [5.41, 5.74) is 3.40. The molecule has 0 radical (unpaired) electrons. The third-order valence-electron chi connectivity index (χ3n) is 4.53. The molecule has 0 unspecified atom stereocenters. The van der Waals surface area contributed by atoms with E-state index in [1.54, 1.807) is 17.3 Å².